The van der Waals surface area contributed by atoms with Crippen LogP contribution in [0.2, 0.25) is 0 Å². The summed E-state index contributed by atoms with van der Waals surface area (Å²) in [6.07, 6.45) is 1.22. The Labute approximate surface area is 148 Å². The fourth-order valence-electron chi connectivity index (χ4n) is 1.91. The molecule has 0 saturated carbocycles. The summed E-state index contributed by atoms with van der Waals surface area (Å²) in [7, 11) is 0. The number of hydrogen-bond acceptors (Lipinski definition) is 6. The molecule has 0 aromatic heterocycles. The molecule has 0 aliphatic rings. The van der Waals surface area contributed by atoms with Gasteiger partial charge in [0.15, 0.2) is 6.61 Å². The van der Waals surface area contributed by atoms with Gasteiger partial charge in [0.1, 0.15) is 0 Å². The number of ether oxygens (including phenoxy) is 1. The van der Waals surface area contributed by atoms with Gasteiger partial charge in [-0.3, -0.25) is 14.9 Å². The van der Waals surface area contributed by atoms with E-state index in [0.717, 1.165) is 4.90 Å². The summed E-state index contributed by atoms with van der Waals surface area (Å²) >= 11 is 1.34. The average Bonchev–Trinajstić information content (AvgIpc) is 2.60. The number of carbonyl (C=O) groups is 2. The van der Waals surface area contributed by atoms with E-state index in [-0.39, 0.29) is 11.3 Å². The molecule has 0 amide bonds. The zero-order chi connectivity index (χ0) is 18.2. The van der Waals surface area contributed by atoms with Crippen molar-refractivity contribution in [1.82, 2.24) is 0 Å². The minimum atomic E-state index is -0.654. The number of Topliss-reactive ketones (excluding diaryl/α,β-unsaturated/α-hetero) is 1. The Kier molecular flexibility index (Phi) is 6.47. The van der Waals surface area contributed by atoms with Crippen molar-refractivity contribution in [3.63, 3.8) is 0 Å². The molecule has 7 heteroatoms. The Bertz CT molecular complexity index is 817. The van der Waals surface area contributed by atoms with Crippen LogP contribution in [0, 0.1) is 17.0 Å². The lowest BCUT2D eigenvalue weighted by molar-refractivity contribution is -0.385. The number of ketones is 1. The van der Waals surface area contributed by atoms with E-state index in [0.29, 0.717) is 5.56 Å². The average molecular weight is 357 g/mol. The molecule has 0 unspecified atom stereocenters. The number of nitro benzene ring substituents is 1. The number of hydrogen-bond donors (Lipinski definition) is 0. The van der Waals surface area contributed by atoms with Crippen molar-refractivity contribution in [2.75, 3.05) is 6.61 Å². The van der Waals surface area contributed by atoms with E-state index in [4.69, 9.17) is 4.74 Å². The predicted molar refractivity (Wildman–Crippen MR) is 94.6 cm³/mol. The minimum absolute atomic E-state index is 0.132. The highest BCUT2D eigenvalue weighted by Crippen LogP contribution is 2.20. The highest BCUT2D eigenvalue weighted by molar-refractivity contribution is 8.02. The van der Waals surface area contributed by atoms with Crippen molar-refractivity contribution in [2.24, 2.45) is 0 Å². The number of benzene rings is 2. The summed E-state index contributed by atoms with van der Waals surface area (Å²) in [5.74, 6) is -1.15. The molecule has 0 N–H and O–H groups in total. The van der Waals surface area contributed by atoms with Crippen molar-refractivity contribution < 1.29 is 19.2 Å². The zero-order valence-electron chi connectivity index (χ0n) is 13.4. The van der Waals surface area contributed by atoms with Crippen LogP contribution in [0.15, 0.2) is 64.9 Å². The minimum Gasteiger partial charge on any atom is -0.454 e. The van der Waals surface area contributed by atoms with E-state index in [1.807, 2.05) is 30.3 Å². The monoisotopic (exact) mass is 357 g/mol. The molecule has 2 aromatic rings. The molecule has 0 bridgehead atoms. The van der Waals surface area contributed by atoms with Crippen LogP contribution in [-0.2, 0) is 9.53 Å². The van der Waals surface area contributed by atoms with Gasteiger partial charge in [-0.2, -0.15) is 0 Å². The zero-order valence-corrected chi connectivity index (χ0v) is 14.2. The molecule has 0 radical (unpaired) electrons. The lowest BCUT2D eigenvalue weighted by Crippen LogP contribution is -2.13. The molecule has 0 atom stereocenters. The van der Waals surface area contributed by atoms with Crippen LogP contribution in [-0.4, -0.2) is 23.3 Å². The summed E-state index contributed by atoms with van der Waals surface area (Å²) in [5, 5.41) is 12.5. The number of thioether (sulfide) groups is 1. The molecule has 0 aliphatic carbocycles. The van der Waals surface area contributed by atoms with Gasteiger partial charge in [-0.1, -0.05) is 42.1 Å². The molecule has 6 nitrogen and oxygen atoms in total. The Morgan fingerprint density at radius 3 is 2.60 bits per heavy atom. The summed E-state index contributed by atoms with van der Waals surface area (Å²) in [6, 6.07) is 13.6. The quantitative estimate of drug-likeness (QED) is 0.186. The third-order valence-corrected chi connectivity index (χ3v) is 4.04. The van der Waals surface area contributed by atoms with Gasteiger partial charge in [0.05, 0.1) is 4.92 Å². The molecule has 0 spiro atoms. The fraction of sp³-hybridized carbons (Fsp3) is 0.111. The van der Waals surface area contributed by atoms with E-state index in [1.165, 1.54) is 36.0 Å². The molecule has 25 heavy (non-hydrogen) atoms. The maximum Gasteiger partial charge on any atom is 0.331 e. The Morgan fingerprint density at radius 2 is 1.92 bits per heavy atom. The number of rotatable bonds is 7. The van der Waals surface area contributed by atoms with E-state index in [2.05, 4.69) is 0 Å². The van der Waals surface area contributed by atoms with Gasteiger partial charge in [0.2, 0.25) is 5.78 Å². The highest BCUT2D eigenvalue weighted by Gasteiger charge is 2.15. The van der Waals surface area contributed by atoms with E-state index in [1.54, 1.807) is 12.3 Å². The van der Waals surface area contributed by atoms with Crippen LogP contribution < -0.4 is 0 Å². The molecule has 2 rings (SSSR count). The largest absolute Gasteiger partial charge is 0.454 e. The second-order valence-corrected chi connectivity index (χ2v) is 6.00. The summed E-state index contributed by atoms with van der Waals surface area (Å²) < 4.78 is 4.87. The number of nitrogens with zero attached hydrogens (tertiary/aromatic N) is 1. The number of nitro groups is 1. The van der Waals surface area contributed by atoms with Crippen LogP contribution >= 0.6 is 11.8 Å². The van der Waals surface area contributed by atoms with Crippen molar-refractivity contribution >= 4 is 29.2 Å². The van der Waals surface area contributed by atoms with Crippen LogP contribution in [0.1, 0.15) is 15.9 Å². The normalized spacial score (nSPS) is 10.6. The molecular weight excluding hydrogens is 342 g/mol. The first-order chi connectivity index (χ1) is 12.0. The second kappa shape index (κ2) is 8.79. The molecule has 2 aromatic carbocycles. The van der Waals surface area contributed by atoms with Gasteiger partial charge in [-0.15, -0.1) is 0 Å². The predicted octanol–water partition coefficient (Wildman–Crippen LogP) is 3.94. The lowest BCUT2D eigenvalue weighted by atomic mass is 10.1. The fourth-order valence-corrected chi connectivity index (χ4v) is 2.57. The van der Waals surface area contributed by atoms with E-state index < -0.39 is 23.3 Å². The van der Waals surface area contributed by atoms with E-state index >= 15 is 0 Å². The summed E-state index contributed by atoms with van der Waals surface area (Å²) in [4.78, 5) is 34.9. The van der Waals surface area contributed by atoms with E-state index in [9.17, 15) is 19.7 Å². The molecule has 0 aliphatic heterocycles. The first-order valence-corrected chi connectivity index (χ1v) is 8.18. The number of carbonyl (C=O) groups excluding carboxylic acids is 2. The third-order valence-electron chi connectivity index (χ3n) is 3.22. The van der Waals surface area contributed by atoms with Crippen molar-refractivity contribution in [1.29, 1.82) is 0 Å². The molecule has 0 saturated heterocycles. The van der Waals surface area contributed by atoms with Crippen LogP contribution in [0.4, 0.5) is 5.69 Å². The van der Waals surface area contributed by atoms with Crippen molar-refractivity contribution in [3.05, 3.63) is 81.3 Å². The smallest absolute Gasteiger partial charge is 0.331 e. The van der Waals surface area contributed by atoms with Crippen molar-refractivity contribution in [2.45, 2.75) is 11.8 Å². The molecule has 128 valence electrons. The maximum atomic E-state index is 12.0. The second-order valence-electron chi connectivity index (χ2n) is 5.02. The molecule has 0 heterocycles. The standard InChI is InChI=1S/C18H15NO5S/c1-13-7-8-14(11-16(13)19(22)23)17(20)12-24-18(21)9-10-25-15-5-3-2-4-6-15/h2-11H,12H2,1H3/b10-9+. The van der Waals surface area contributed by atoms with Crippen LogP contribution in [0.3, 0.4) is 0 Å². The first-order valence-electron chi connectivity index (χ1n) is 7.30. The number of aryl methyl sites for hydroxylation is 1. The maximum absolute atomic E-state index is 12.0. The van der Waals surface area contributed by atoms with Gasteiger partial charge in [-0.25, -0.2) is 4.79 Å². The van der Waals surface area contributed by atoms with Crippen molar-refractivity contribution in [3.8, 4) is 0 Å². The van der Waals surface area contributed by atoms with Crippen LogP contribution in [0.5, 0.6) is 0 Å². The summed E-state index contributed by atoms with van der Waals surface area (Å²) in [5.41, 5.74) is 0.448. The lowest BCUT2D eigenvalue weighted by Gasteiger charge is -2.03. The first kappa shape index (κ1) is 18.4. The summed E-state index contributed by atoms with van der Waals surface area (Å²) in [6.45, 7) is 1.11. The molecular formula is C18H15NO5S. The Balaban J connectivity index is 1.88. The SMILES string of the molecule is Cc1ccc(C(=O)COC(=O)/C=C/Sc2ccccc2)cc1[N+](=O)[O-]. The van der Waals surface area contributed by atoms with Gasteiger partial charge in [-0.05, 0) is 24.5 Å². The molecule has 0 fully saturated rings. The van der Waals surface area contributed by atoms with Gasteiger partial charge in [0.25, 0.3) is 5.69 Å². The van der Waals surface area contributed by atoms with Crippen LogP contribution in [0.25, 0.3) is 0 Å². The highest BCUT2D eigenvalue weighted by atomic mass is 32.2. The Morgan fingerprint density at radius 1 is 1.20 bits per heavy atom. The number of esters is 1. The van der Waals surface area contributed by atoms with Gasteiger partial charge < -0.3 is 4.74 Å². The third kappa shape index (κ3) is 5.58. The topological polar surface area (TPSA) is 86.5 Å². The van der Waals surface area contributed by atoms with Gasteiger partial charge in [0, 0.05) is 28.2 Å². The Hall–Kier alpha value is -2.93. The van der Waals surface area contributed by atoms with Gasteiger partial charge >= 0.3 is 5.97 Å².